The van der Waals surface area contributed by atoms with Crippen LogP contribution in [0.2, 0.25) is 0 Å². The van der Waals surface area contributed by atoms with Crippen molar-refractivity contribution in [1.29, 1.82) is 0 Å². The van der Waals surface area contributed by atoms with E-state index in [1.807, 2.05) is 31.2 Å². The van der Waals surface area contributed by atoms with Gasteiger partial charge in [-0.25, -0.2) is 9.78 Å². The number of hydrogen-bond acceptors (Lipinski definition) is 4. The van der Waals surface area contributed by atoms with E-state index >= 15 is 0 Å². The highest BCUT2D eigenvalue weighted by molar-refractivity contribution is 7.13. The van der Waals surface area contributed by atoms with E-state index in [1.54, 1.807) is 18.6 Å². The maximum atomic E-state index is 11.9. The number of aromatic nitrogens is 1. The Morgan fingerprint density at radius 1 is 1.24 bits per heavy atom. The van der Waals surface area contributed by atoms with Gasteiger partial charge in [0.05, 0.1) is 0 Å². The van der Waals surface area contributed by atoms with E-state index < -0.39 is 0 Å². The number of nitrogens with one attached hydrogen (secondary N) is 2. The lowest BCUT2D eigenvalue weighted by molar-refractivity contribution is -0.116. The minimum atomic E-state index is -0.371. The van der Waals surface area contributed by atoms with E-state index in [2.05, 4.69) is 15.6 Å². The highest BCUT2D eigenvalue weighted by atomic mass is 32.1. The summed E-state index contributed by atoms with van der Waals surface area (Å²) in [6, 6.07) is 7.10. The van der Waals surface area contributed by atoms with E-state index in [0.717, 1.165) is 5.56 Å². The number of thiazole rings is 1. The van der Waals surface area contributed by atoms with Gasteiger partial charge in [0, 0.05) is 24.3 Å². The molecular formula is C14H16N4O2S. The van der Waals surface area contributed by atoms with Gasteiger partial charge in [0.25, 0.3) is 0 Å². The summed E-state index contributed by atoms with van der Waals surface area (Å²) in [6.07, 6.45) is 1.60. The van der Waals surface area contributed by atoms with Crippen LogP contribution in [0.25, 0.3) is 0 Å². The number of rotatable bonds is 4. The van der Waals surface area contributed by atoms with E-state index in [4.69, 9.17) is 0 Å². The zero-order valence-electron chi connectivity index (χ0n) is 11.8. The number of amides is 3. The first kappa shape index (κ1) is 15.0. The van der Waals surface area contributed by atoms with Crippen molar-refractivity contribution in [3.8, 4) is 0 Å². The summed E-state index contributed by atoms with van der Waals surface area (Å²) >= 11 is 1.32. The van der Waals surface area contributed by atoms with Gasteiger partial charge in [-0.1, -0.05) is 17.7 Å². The molecule has 0 saturated carbocycles. The fraction of sp³-hybridized carbons (Fsp3) is 0.214. The second-order valence-electron chi connectivity index (χ2n) is 4.54. The summed E-state index contributed by atoms with van der Waals surface area (Å²) in [7, 11) is 1.55. The van der Waals surface area contributed by atoms with Crippen LogP contribution in [0.5, 0.6) is 0 Å². The zero-order valence-corrected chi connectivity index (χ0v) is 12.6. The normalized spacial score (nSPS) is 10.0. The number of anilines is 2. The summed E-state index contributed by atoms with van der Waals surface area (Å²) in [4.78, 5) is 29.0. The number of benzene rings is 1. The summed E-state index contributed by atoms with van der Waals surface area (Å²) in [5.74, 6) is -0.254. The number of likely N-dealkylation sites (N-methyl/N-ethyl adjacent to an activating group) is 1. The van der Waals surface area contributed by atoms with Crippen LogP contribution in [-0.4, -0.2) is 35.4 Å². The van der Waals surface area contributed by atoms with Crippen molar-refractivity contribution in [3.05, 3.63) is 41.4 Å². The average Bonchev–Trinajstić information content (AvgIpc) is 2.94. The van der Waals surface area contributed by atoms with Crippen LogP contribution < -0.4 is 10.6 Å². The van der Waals surface area contributed by atoms with Crippen LogP contribution in [0.1, 0.15) is 5.56 Å². The van der Waals surface area contributed by atoms with Gasteiger partial charge in [-0.15, -0.1) is 11.3 Å². The molecule has 7 heteroatoms. The molecule has 0 aliphatic carbocycles. The molecule has 0 aliphatic rings. The lowest BCUT2D eigenvalue weighted by Gasteiger charge is -2.16. The molecule has 2 aromatic rings. The van der Waals surface area contributed by atoms with Crippen LogP contribution in [0.15, 0.2) is 35.8 Å². The molecule has 21 heavy (non-hydrogen) atoms. The number of carbonyl (C=O) groups excluding carboxylic acids is 2. The van der Waals surface area contributed by atoms with Crippen molar-refractivity contribution in [1.82, 2.24) is 9.88 Å². The molecule has 0 atom stereocenters. The maximum Gasteiger partial charge on any atom is 0.323 e. The molecule has 6 nitrogen and oxygen atoms in total. The molecule has 0 bridgehead atoms. The topological polar surface area (TPSA) is 74.3 Å². The Kier molecular flexibility index (Phi) is 4.89. The lowest BCUT2D eigenvalue weighted by Crippen LogP contribution is -2.37. The Hall–Kier alpha value is -2.41. The quantitative estimate of drug-likeness (QED) is 0.911. The molecule has 2 rings (SSSR count). The molecule has 0 saturated heterocycles. The van der Waals surface area contributed by atoms with Gasteiger partial charge in [-0.05, 0) is 19.1 Å². The molecule has 0 aliphatic heterocycles. The monoisotopic (exact) mass is 304 g/mol. The molecule has 0 fully saturated rings. The first-order chi connectivity index (χ1) is 10.0. The second kappa shape index (κ2) is 6.85. The molecule has 1 aromatic carbocycles. The van der Waals surface area contributed by atoms with Crippen molar-refractivity contribution < 1.29 is 9.59 Å². The van der Waals surface area contributed by atoms with Gasteiger partial charge in [0.2, 0.25) is 5.91 Å². The standard InChI is InChI=1S/C14H16N4O2S/c1-10-3-5-11(6-4-10)16-12(19)9-18(2)14(20)17-13-15-7-8-21-13/h3-8H,9H2,1-2H3,(H,16,19)(H,15,17,20). The molecule has 2 N–H and O–H groups in total. The van der Waals surface area contributed by atoms with Crippen LogP contribution >= 0.6 is 11.3 Å². The van der Waals surface area contributed by atoms with E-state index in [-0.39, 0.29) is 18.5 Å². The van der Waals surface area contributed by atoms with Crippen molar-refractivity contribution in [2.75, 3.05) is 24.2 Å². The molecule has 0 unspecified atom stereocenters. The number of carbonyl (C=O) groups is 2. The first-order valence-corrected chi connectivity index (χ1v) is 7.20. The maximum absolute atomic E-state index is 11.9. The molecule has 110 valence electrons. The van der Waals surface area contributed by atoms with Crippen molar-refractivity contribution in [2.45, 2.75) is 6.92 Å². The van der Waals surface area contributed by atoms with Gasteiger partial charge >= 0.3 is 6.03 Å². The summed E-state index contributed by atoms with van der Waals surface area (Å²) < 4.78 is 0. The predicted octanol–water partition coefficient (Wildman–Crippen LogP) is 2.55. The van der Waals surface area contributed by atoms with E-state index in [1.165, 1.54) is 16.2 Å². The summed E-state index contributed by atoms with van der Waals surface area (Å²) in [6.45, 7) is 1.94. The number of aryl methyl sites for hydroxylation is 1. The van der Waals surface area contributed by atoms with Gasteiger partial charge in [-0.2, -0.15) is 0 Å². The molecular weight excluding hydrogens is 288 g/mol. The SMILES string of the molecule is Cc1ccc(NC(=O)CN(C)C(=O)Nc2nccs2)cc1. The molecule has 3 amide bonds. The average molecular weight is 304 g/mol. The van der Waals surface area contributed by atoms with Crippen molar-refractivity contribution in [2.24, 2.45) is 0 Å². The second-order valence-corrected chi connectivity index (χ2v) is 5.43. The highest BCUT2D eigenvalue weighted by Gasteiger charge is 2.13. The van der Waals surface area contributed by atoms with Gasteiger partial charge < -0.3 is 10.2 Å². The number of hydrogen-bond donors (Lipinski definition) is 2. The molecule has 1 aromatic heterocycles. The van der Waals surface area contributed by atoms with Crippen molar-refractivity contribution in [3.63, 3.8) is 0 Å². The molecule has 1 heterocycles. The summed E-state index contributed by atoms with van der Waals surface area (Å²) in [5.41, 5.74) is 1.83. The Morgan fingerprint density at radius 3 is 2.57 bits per heavy atom. The number of urea groups is 1. The largest absolute Gasteiger partial charge is 0.325 e. The van der Waals surface area contributed by atoms with Crippen LogP contribution in [0.4, 0.5) is 15.6 Å². The minimum absolute atomic E-state index is 0.0366. The third kappa shape index (κ3) is 4.57. The third-order valence-corrected chi connectivity index (χ3v) is 3.40. The zero-order chi connectivity index (χ0) is 15.2. The predicted molar refractivity (Wildman–Crippen MR) is 83.6 cm³/mol. The number of nitrogens with zero attached hydrogens (tertiary/aromatic N) is 2. The van der Waals surface area contributed by atoms with Crippen LogP contribution in [-0.2, 0) is 4.79 Å². The first-order valence-electron chi connectivity index (χ1n) is 6.33. The smallest absolute Gasteiger partial charge is 0.323 e. The lowest BCUT2D eigenvalue weighted by atomic mass is 10.2. The highest BCUT2D eigenvalue weighted by Crippen LogP contribution is 2.11. The Bertz CT molecular complexity index is 610. The van der Waals surface area contributed by atoms with Crippen LogP contribution in [0, 0.1) is 6.92 Å². The fourth-order valence-electron chi connectivity index (χ4n) is 1.60. The van der Waals surface area contributed by atoms with E-state index in [9.17, 15) is 9.59 Å². The third-order valence-electron chi connectivity index (χ3n) is 2.71. The van der Waals surface area contributed by atoms with Gasteiger partial charge in [0.15, 0.2) is 5.13 Å². The van der Waals surface area contributed by atoms with Crippen LogP contribution in [0.3, 0.4) is 0 Å². The Balaban J connectivity index is 1.84. The van der Waals surface area contributed by atoms with Gasteiger partial charge in [0.1, 0.15) is 6.54 Å². The molecule has 0 spiro atoms. The van der Waals surface area contributed by atoms with E-state index in [0.29, 0.717) is 10.8 Å². The Morgan fingerprint density at radius 2 is 1.95 bits per heavy atom. The fourth-order valence-corrected chi connectivity index (χ4v) is 2.12. The minimum Gasteiger partial charge on any atom is -0.325 e. The van der Waals surface area contributed by atoms with Gasteiger partial charge in [-0.3, -0.25) is 10.1 Å². The van der Waals surface area contributed by atoms with Crippen molar-refractivity contribution >= 4 is 34.1 Å². The molecule has 0 radical (unpaired) electrons. The summed E-state index contributed by atoms with van der Waals surface area (Å²) in [5, 5.41) is 7.62. The Labute approximate surface area is 126 Å².